The quantitative estimate of drug-likeness (QED) is 0.0262. The molecule has 360 valence electrons. The van der Waals surface area contributed by atoms with Crippen molar-refractivity contribution in [2.75, 3.05) is 13.2 Å². The van der Waals surface area contributed by atoms with Gasteiger partial charge >= 0.3 is 0 Å². The molecule has 62 heavy (non-hydrogen) atoms. The molecule has 0 aromatic rings. The van der Waals surface area contributed by atoms with Crippen LogP contribution in [0, 0.1) is 0 Å². The zero-order valence-electron chi connectivity index (χ0n) is 39.6. The summed E-state index contributed by atoms with van der Waals surface area (Å²) in [5.74, 6) is -0.176. The number of carbonyl (C=O) groups is 1. The highest BCUT2D eigenvalue weighted by Crippen LogP contribution is 2.23. The Kier molecular flexibility index (Phi) is 40.0. The number of amides is 1. The first-order valence-electron chi connectivity index (χ1n) is 25.5. The Labute approximate surface area is 379 Å². The van der Waals surface area contributed by atoms with E-state index in [0.29, 0.717) is 12.8 Å². The maximum absolute atomic E-state index is 13.0. The molecule has 0 bridgehead atoms. The minimum atomic E-state index is -1.56. The van der Waals surface area contributed by atoms with Crippen molar-refractivity contribution < 1.29 is 39.8 Å². The first-order valence-corrected chi connectivity index (χ1v) is 25.5. The van der Waals surface area contributed by atoms with Gasteiger partial charge in [-0.2, -0.15) is 0 Å². The second-order valence-electron chi connectivity index (χ2n) is 17.6. The number of carbonyl (C=O) groups excluding carboxylic acids is 1. The maximum Gasteiger partial charge on any atom is 0.220 e. The Balaban J connectivity index is 2.31. The number of allylic oxidation sites excluding steroid dienone is 10. The summed E-state index contributed by atoms with van der Waals surface area (Å²) in [5, 5.41) is 54.5. The van der Waals surface area contributed by atoms with Crippen LogP contribution in [-0.2, 0) is 14.3 Å². The van der Waals surface area contributed by atoms with Gasteiger partial charge in [0.1, 0.15) is 24.4 Å². The lowest BCUT2D eigenvalue weighted by Gasteiger charge is -2.40. The van der Waals surface area contributed by atoms with E-state index >= 15 is 0 Å². The highest BCUT2D eigenvalue weighted by molar-refractivity contribution is 5.76. The van der Waals surface area contributed by atoms with Gasteiger partial charge in [-0.1, -0.05) is 209 Å². The van der Waals surface area contributed by atoms with E-state index in [1.807, 2.05) is 0 Å². The summed E-state index contributed by atoms with van der Waals surface area (Å²) >= 11 is 0. The van der Waals surface area contributed by atoms with Crippen molar-refractivity contribution in [1.82, 2.24) is 5.32 Å². The summed E-state index contributed by atoms with van der Waals surface area (Å²) in [4.78, 5) is 13.0. The van der Waals surface area contributed by atoms with Gasteiger partial charge in [-0.3, -0.25) is 4.79 Å². The van der Waals surface area contributed by atoms with E-state index in [1.165, 1.54) is 109 Å². The lowest BCUT2D eigenvalue weighted by atomic mass is 9.99. The number of aliphatic hydroxyl groups is 5. The Bertz CT molecular complexity index is 1150. The van der Waals surface area contributed by atoms with Gasteiger partial charge in [0, 0.05) is 6.42 Å². The number of ether oxygens (including phenoxy) is 2. The van der Waals surface area contributed by atoms with Crippen molar-refractivity contribution >= 4 is 5.91 Å². The molecule has 1 heterocycles. The van der Waals surface area contributed by atoms with Crippen molar-refractivity contribution in [1.29, 1.82) is 0 Å². The lowest BCUT2D eigenvalue weighted by molar-refractivity contribution is -0.302. The molecule has 0 aliphatic carbocycles. The van der Waals surface area contributed by atoms with Crippen LogP contribution in [0.25, 0.3) is 0 Å². The van der Waals surface area contributed by atoms with Crippen LogP contribution >= 0.6 is 0 Å². The normalized spacial score (nSPS) is 20.8. The van der Waals surface area contributed by atoms with Crippen LogP contribution in [0.3, 0.4) is 0 Å². The Morgan fingerprint density at radius 2 is 1.00 bits per heavy atom. The summed E-state index contributed by atoms with van der Waals surface area (Å²) in [5.41, 5.74) is 0. The third-order valence-corrected chi connectivity index (χ3v) is 11.9. The molecule has 0 saturated carbocycles. The second kappa shape index (κ2) is 42.8. The van der Waals surface area contributed by atoms with Crippen LogP contribution in [0.1, 0.15) is 213 Å². The van der Waals surface area contributed by atoms with Crippen molar-refractivity contribution in [3.8, 4) is 0 Å². The van der Waals surface area contributed by atoms with Crippen LogP contribution in [-0.4, -0.2) is 87.5 Å². The zero-order valence-corrected chi connectivity index (χ0v) is 39.6. The van der Waals surface area contributed by atoms with Gasteiger partial charge < -0.3 is 40.3 Å². The fourth-order valence-electron chi connectivity index (χ4n) is 7.83. The standard InChI is InChI=1S/C53H95NO8/c1-3-5-7-9-11-13-15-17-19-21-23-25-26-28-30-32-34-36-38-40-42-47(56)46(45-61-53-52(60)51(59)50(58)48(44-55)62-53)54-49(57)43-41-39-37-35-33-31-29-27-24-22-20-18-16-14-12-10-8-6-4-2/h6,8,12,14,18,20,24,27,31,33,46-48,50-53,55-56,58-60H,3-5,7,9-11,13,15-17,19,21-23,25-26,28-30,32,34-45H2,1-2H3,(H,54,57)/b8-6-,14-12-,20-18-,27-24-,33-31-. The summed E-state index contributed by atoms with van der Waals surface area (Å²) in [6.45, 7) is 3.71. The van der Waals surface area contributed by atoms with E-state index in [9.17, 15) is 30.3 Å². The number of nitrogens with one attached hydrogen (secondary N) is 1. The topological polar surface area (TPSA) is 149 Å². The van der Waals surface area contributed by atoms with E-state index in [2.05, 4.69) is 79.9 Å². The molecule has 7 unspecified atom stereocenters. The number of hydrogen-bond acceptors (Lipinski definition) is 8. The molecule has 7 atom stereocenters. The van der Waals surface area contributed by atoms with E-state index < -0.39 is 49.5 Å². The van der Waals surface area contributed by atoms with E-state index in [-0.39, 0.29) is 12.5 Å². The van der Waals surface area contributed by atoms with E-state index in [4.69, 9.17) is 9.47 Å². The van der Waals surface area contributed by atoms with Crippen molar-refractivity contribution in [3.63, 3.8) is 0 Å². The number of rotatable bonds is 42. The van der Waals surface area contributed by atoms with Crippen LogP contribution in [0.4, 0.5) is 0 Å². The summed E-state index contributed by atoms with van der Waals surface area (Å²) in [7, 11) is 0. The highest BCUT2D eigenvalue weighted by Gasteiger charge is 2.44. The van der Waals surface area contributed by atoms with Gasteiger partial charge in [0.15, 0.2) is 6.29 Å². The van der Waals surface area contributed by atoms with Crippen molar-refractivity contribution in [3.05, 3.63) is 60.8 Å². The summed E-state index contributed by atoms with van der Waals surface area (Å²) in [6, 6.07) is -0.739. The molecule has 1 aliphatic heterocycles. The number of hydrogen-bond donors (Lipinski definition) is 6. The summed E-state index contributed by atoms with van der Waals surface area (Å²) in [6.07, 6.45) is 49.4. The molecule has 1 amide bonds. The van der Waals surface area contributed by atoms with Gasteiger partial charge in [0.05, 0.1) is 25.4 Å². The van der Waals surface area contributed by atoms with E-state index in [0.717, 1.165) is 77.0 Å². The predicted molar refractivity (Wildman–Crippen MR) is 258 cm³/mol. The van der Waals surface area contributed by atoms with Crippen LogP contribution in [0.5, 0.6) is 0 Å². The molecule has 1 aliphatic rings. The smallest absolute Gasteiger partial charge is 0.220 e. The molecular formula is C53H95NO8. The van der Waals surface area contributed by atoms with Gasteiger partial charge in [-0.25, -0.2) is 0 Å². The maximum atomic E-state index is 13.0. The first-order chi connectivity index (χ1) is 30.3. The first kappa shape index (κ1) is 57.9. The van der Waals surface area contributed by atoms with Crippen molar-refractivity contribution in [2.45, 2.75) is 256 Å². The fraction of sp³-hybridized carbons (Fsp3) is 0.792. The Morgan fingerprint density at radius 1 is 0.565 bits per heavy atom. The lowest BCUT2D eigenvalue weighted by Crippen LogP contribution is -2.60. The molecule has 0 aromatic heterocycles. The molecule has 1 saturated heterocycles. The van der Waals surface area contributed by atoms with Crippen molar-refractivity contribution in [2.24, 2.45) is 0 Å². The summed E-state index contributed by atoms with van der Waals surface area (Å²) < 4.78 is 11.3. The molecule has 6 N–H and O–H groups in total. The Morgan fingerprint density at radius 3 is 1.47 bits per heavy atom. The monoisotopic (exact) mass is 874 g/mol. The molecular weight excluding hydrogens is 779 g/mol. The number of unbranched alkanes of at least 4 members (excludes halogenated alkanes) is 22. The average molecular weight is 874 g/mol. The molecule has 9 nitrogen and oxygen atoms in total. The molecule has 0 spiro atoms. The molecule has 0 aromatic carbocycles. The minimum absolute atomic E-state index is 0.154. The van der Waals surface area contributed by atoms with E-state index in [1.54, 1.807) is 0 Å². The minimum Gasteiger partial charge on any atom is -0.394 e. The fourth-order valence-corrected chi connectivity index (χ4v) is 7.83. The molecule has 0 radical (unpaired) electrons. The molecule has 1 rings (SSSR count). The van der Waals surface area contributed by atoms with Gasteiger partial charge in [-0.15, -0.1) is 0 Å². The second-order valence-corrected chi connectivity index (χ2v) is 17.6. The van der Waals surface area contributed by atoms with Crippen LogP contribution in [0.15, 0.2) is 60.8 Å². The third kappa shape index (κ3) is 32.5. The zero-order chi connectivity index (χ0) is 45.1. The largest absolute Gasteiger partial charge is 0.394 e. The van der Waals surface area contributed by atoms with Crippen LogP contribution in [0.2, 0.25) is 0 Å². The van der Waals surface area contributed by atoms with Gasteiger partial charge in [0.25, 0.3) is 0 Å². The SMILES string of the molecule is CC/C=C\C/C=C\C/C=C\C/C=C\C/C=C\CCCCCC(=O)NC(COC1OC(CO)C(O)C(O)C1O)C(O)CCCCCCCCCCCCCCCCCCCCCC. The third-order valence-electron chi connectivity index (χ3n) is 11.9. The highest BCUT2D eigenvalue weighted by atomic mass is 16.7. The average Bonchev–Trinajstić information content (AvgIpc) is 3.27. The van der Waals surface area contributed by atoms with Gasteiger partial charge in [-0.05, 0) is 57.8 Å². The van der Waals surface area contributed by atoms with Crippen LogP contribution < -0.4 is 5.32 Å². The Hall–Kier alpha value is -2.11. The number of aliphatic hydroxyl groups excluding tert-OH is 5. The van der Waals surface area contributed by atoms with Gasteiger partial charge in [0.2, 0.25) is 5.91 Å². The molecule has 9 heteroatoms. The predicted octanol–water partition coefficient (Wildman–Crippen LogP) is 11.6. The molecule has 1 fully saturated rings.